The van der Waals surface area contributed by atoms with E-state index in [1.807, 2.05) is 42.5 Å². The molecule has 4 aromatic rings. The molecule has 0 radical (unpaired) electrons. The fourth-order valence-electron chi connectivity index (χ4n) is 5.22. The molecule has 0 saturated heterocycles. The van der Waals surface area contributed by atoms with Crippen LogP contribution in [0.3, 0.4) is 0 Å². The molecule has 196 valence electrons. The van der Waals surface area contributed by atoms with Gasteiger partial charge < -0.3 is 24.3 Å². The highest BCUT2D eigenvalue weighted by Crippen LogP contribution is 2.50. The van der Waals surface area contributed by atoms with Crippen molar-refractivity contribution in [2.75, 3.05) is 13.9 Å². The van der Waals surface area contributed by atoms with Gasteiger partial charge in [-0.3, -0.25) is 4.79 Å². The maximum atomic E-state index is 14.1. The minimum absolute atomic E-state index is 0.0514. The number of amides is 1. The van der Waals surface area contributed by atoms with Crippen LogP contribution >= 0.6 is 0 Å². The van der Waals surface area contributed by atoms with Gasteiger partial charge in [-0.05, 0) is 53.6 Å². The number of benzene rings is 4. The molecule has 1 N–H and O–H groups in total. The predicted molar refractivity (Wildman–Crippen MR) is 140 cm³/mol. The van der Waals surface area contributed by atoms with Crippen LogP contribution < -0.4 is 24.3 Å². The Bertz CT molecular complexity index is 1540. The zero-order chi connectivity index (χ0) is 27.0. The van der Waals surface area contributed by atoms with Crippen LogP contribution in [0.15, 0.2) is 91.0 Å². The Hall–Kier alpha value is -4.85. The average molecular weight is 526 g/mol. The minimum atomic E-state index is -1.57. The van der Waals surface area contributed by atoms with Crippen LogP contribution in [-0.4, -0.2) is 31.3 Å². The molecule has 4 aromatic carbocycles. The summed E-state index contributed by atoms with van der Waals surface area (Å²) in [6.45, 7) is 0.0514. The highest BCUT2D eigenvalue weighted by molar-refractivity contribution is 6.00. The summed E-state index contributed by atoms with van der Waals surface area (Å²) in [5.41, 5.74) is 0.864. The van der Waals surface area contributed by atoms with Gasteiger partial charge in [-0.15, -0.1) is 0 Å². The summed E-state index contributed by atoms with van der Waals surface area (Å²) in [7, 11) is 1.57. The monoisotopic (exact) mass is 525 g/mol. The third kappa shape index (κ3) is 4.44. The fraction of sp³-hybridized carbons (Fsp3) is 0.161. The van der Waals surface area contributed by atoms with Crippen LogP contribution in [0, 0.1) is 5.82 Å². The van der Waals surface area contributed by atoms with Crippen LogP contribution in [0.5, 0.6) is 23.0 Å². The number of hydrogen-bond acceptors (Lipinski definition) is 6. The van der Waals surface area contributed by atoms with Crippen molar-refractivity contribution < 1.29 is 32.9 Å². The molecule has 2 atom stereocenters. The van der Waals surface area contributed by atoms with E-state index in [-0.39, 0.29) is 18.8 Å². The van der Waals surface area contributed by atoms with Crippen LogP contribution in [0.4, 0.5) is 4.39 Å². The number of hydrogen-bond donors (Lipinski definition) is 1. The first-order valence-corrected chi connectivity index (χ1v) is 12.4. The van der Waals surface area contributed by atoms with Crippen molar-refractivity contribution in [2.45, 2.75) is 17.9 Å². The number of fused-ring (bicyclic) bond motifs is 2. The SMILES string of the molecule is COc1ccc([C@@H]2c3cc4c(cc3OC(=O)[C@]2(Cc2ccccc2)NC(=O)c2ccc(F)cc2)OCO4)cc1. The molecule has 6 rings (SSSR count). The lowest BCUT2D eigenvalue weighted by molar-refractivity contribution is -0.144. The van der Waals surface area contributed by atoms with E-state index >= 15 is 0 Å². The molecule has 0 aliphatic carbocycles. The van der Waals surface area contributed by atoms with Crippen LogP contribution in [0.2, 0.25) is 0 Å². The van der Waals surface area contributed by atoms with E-state index in [0.29, 0.717) is 28.6 Å². The number of rotatable bonds is 6. The van der Waals surface area contributed by atoms with E-state index in [1.165, 1.54) is 24.3 Å². The van der Waals surface area contributed by atoms with Crippen molar-refractivity contribution in [2.24, 2.45) is 0 Å². The summed E-state index contributed by atoms with van der Waals surface area (Å²) in [4.78, 5) is 27.8. The van der Waals surface area contributed by atoms with Gasteiger partial charge >= 0.3 is 5.97 Å². The Morgan fingerprint density at radius 3 is 2.33 bits per heavy atom. The number of halogens is 1. The fourth-order valence-corrected chi connectivity index (χ4v) is 5.22. The summed E-state index contributed by atoms with van der Waals surface area (Å²) in [6, 6.07) is 25.3. The normalized spacial score (nSPS) is 19.1. The first-order valence-electron chi connectivity index (χ1n) is 12.4. The van der Waals surface area contributed by atoms with E-state index in [4.69, 9.17) is 18.9 Å². The van der Waals surface area contributed by atoms with E-state index in [0.717, 1.165) is 11.1 Å². The Morgan fingerprint density at radius 1 is 0.949 bits per heavy atom. The number of ether oxygens (including phenoxy) is 4. The van der Waals surface area contributed by atoms with Crippen molar-refractivity contribution in [3.63, 3.8) is 0 Å². The quantitative estimate of drug-likeness (QED) is 0.281. The number of carbonyl (C=O) groups is 2. The maximum Gasteiger partial charge on any atom is 0.338 e. The van der Waals surface area contributed by atoms with Crippen molar-refractivity contribution in [3.05, 3.63) is 119 Å². The zero-order valence-corrected chi connectivity index (χ0v) is 21.0. The predicted octanol–water partition coefficient (Wildman–Crippen LogP) is 5.03. The van der Waals surface area contributed by atoms with Gasteiger partial charge in [0.15, 0.2) is 17.0 Å². The second-order valence-electron chi connectivity index (χ2n) is 9.43. The summed E-state index contributed by atoms with van der Waals surface area (Å²) in [5, 5.41) is 3.01. The van der Waals surface area contributed by atoms with Gasteiger partial charge in [0.2, 0.25) is 6.79 Å². The molecule has 1 amide bonds. The van der Waals surface area contributed by atoms with Gasteiger partial charge in [-0.2, -0.15) is 0 Å². The number of nitrogens with one attached hydrogen (secondary N) is 1. The van der Waals surface area contributed by atoms with E-state index in [9.17, 15) is 14.0 Å². The lowest BCUT2D eigenvalue weighted by Crippen LogP contribution is -2.63. The van der Waals surface area contributed by atoms with Gasteiger partial charge in [0.1, 0.15) is 17.3 Å². The second-order valence-corrected chi connectivity index (χ2v) is 9.43. The first-order chi connectivity index (χ1) is 19.0. The van der Waals surface area contributed by atoms with Crippen molar-refractivity contribution in [1.29, 1.82) is 0 Å². The van der Waals surface area contributed by atoms with Gasteiger partial charge in [0.25, 0.3) is 5.91 Å². The largest absolute Gasteiger partial charge is 0.497 e. The Morgan fingerprint density at radius 2 is 1.64 bits per heavy atom. The van der Waals surface area contributed by atoms with E-state index < -0.39 is 29.2 Å². The highest BCUT2D eigenvalue weighted by atomic mass is 19.1. The van der Waals surface area contributed by atoms with E-state index in [2.05, 4.69) is 5.32 Å². The molecule has 2 aliphatic heterocycles. The van der Waals surface area contributed by atoms with Crippen molar-refractivity contribution in [3.8, 4) is 23.0 Å². The molecular formula is C31H24FNO6. The maximum absolute atomic E-state index is 14.1. The number of esters is 1. The molecule has 0 fully saturated rings. The topological polar surface area (TPSA) is 83.1 Å². The lowest BCUT2D eigenvalue weighted by Gasteiger charge is -2.43. The zero-order valence-electron chi connectivity index (χ0n) is 21.0. The van der Waals surface area contributed by atoms with Gasteiger partial charge in [0, 0.05) is 29.5 Å². The average Bonchev–Trinajstić information content (AvgIpc) is 3.41. The van der Waals surface area contributed by atoms with Crippen LogP contribution in [0.1, 0.15) is 33.0 Å². The minimum Gasteiger partial charge on any atom is -0.497 e. The molecule has 7 nitrogen and oxygen atoms in total. The third-order valence-corrected chi connectivity index (χ3v) is 7.09. The number of methoxy groups -OCH3 is 1. The molecular weight excluding hydrogens is 501 g/mol. The third-order valence-electron chi connectivity index (χ3n) is 7.09. The number of carbonyl (C=O) groups excluding carboxylic acids is 2. The molecule has 2 heterocycles. The summed E-state index contributed by atoms with van der Waals surface area (Å²) in [5.74, 6) is -0.358. The smallest absolute Gasteiger partial charge is 0.338 e. The van der Waals surface area contributed by atoms with Gasteiger partial charge in [-0.1, -0.05) is 42.5 Å². The van der Waals surface area contributed by atoms with Crippen LogP contribution in [0.25, 0.3) is 0 Å². The molecule has 8 heteroatoms. The van der Waals surface area contributed by atoms with Gasteiger partial charge in [-0.25, -0.2) is 9.18 Å². The molecule has 0 saturated carbocycles. The van der Waals surface area contributed by atoms with Crippen molar-refractivity contribution in [1.82, 2.24) is 5.32 Å². The molecule has 0 aromatic heterocycles. The molecule has 0 unspecified atom stereocenters. The summed E-state index contributed by atoms with van der Waals surface area (Å²) >= 11 is 0. The molecule has 39 heavy (non-hydrogen) atoms. The first kappa shape index (κ1) is 24.5. The summed E-state index contributed by atoms with van der Waals surface area (Å²) < 4.78 is 36.1. The highest BCUT2D eigenvalue weighted by Gasteiger charge is 2.54. The van der Waals surface area contributed by atoms with Gasteiger partial charge in [0.05, 0.1) is 7.11 Å². The summed E-state index contributed by atoms with van der Waals surface area (Å²) in [6.07, 6.45) is 0.129. The lowest BCUT2D eigenvalue weighted by atomic mass is 9.69. The second kappa shape index (κ2) is 9.79. The van der Waals surface area contributed by atoms with Crippen LogP contribution in [-0.2, 0) is 11.2 Å². The molecule has 0 bridgehead atoms. The Kier molecular flexibility index (Phi) is 6.15. The molecule has 0 spiro atoms. The standard InChI is InChI=1S/C31H24FNO6/c1-36-23-13-9-20(10-14-23)28-24-15-26-27(38-18-37-26)16-25(24)39-30(35)31(28,17-19-5-3-2-4-6-19)33-29(34)21-7-11-22(32)12-8-21/h2-16,28H,17-18H2,1H3,(H,33,34)/t28-,31-/m1/s1. The van der Waals surface area contributed by atoms with E-state index in [1.54, 1.807) is 31.4 Å². The Balaban J connectivity index is 1.55. The molecule has 2 aliphatic rings. The van der Waals surface area contributed by atoms with Crippen molar-refractivity contribution >= 4 is 11.9 Å². The Labute approximate surface area is 224 Å².